The topological polar surface area (TPSA) is 95.7 Å². The van der Waals surface area contributed by atoms with Crippen molar-refractivity contribution >= 4 is 17.7 Å². The second-order valence-electron chi connectivity index (χ2n) is 5.18. The van der Waals surface area contributed by atoms with Crippen LogP contribution in [0.3, 0.4) is 0 Å². The average Bonchev–Trinajstić information content (AvgIpc) is 2.39. The van der Waals surface area contributed by atoms with Crippen LogP contribution in [0.4, 0.5) is 0 Å². The molecule has 7 heteroatoms. The summed E-state index contributed by atoms with van der Waals surface area (Å²) in [5.41, 5.74) is 5.68. The zero-order valence-corrected chi connectivity index (χ0v) is 13.0. The van der Waals surface area contributed by atoms with Crippen molar-refractivity contribution in [1.82, 2.24) is 15.1 Å². The van der Waals surface area contributed by atoms with Gasteiger partial charge in [0.05, 0.1) is 19.1 Å². The minimum absolute atomic E-state index is 0.00250. The molecule has 0 saturated heterocycles. The fourth-order valence-electron chi connectivity index (χ4n) is 1.38. The van der Waals surface area contributed by atoms with Crippen LogP contribution in [0.5, 0.6) is 0 Å². The molecule has 20 heavy (non-hydrogen) atoms. The van der Waals surface area contributed by atoms with Crippen LogP contribution in [0.2, 0.25) is 0 Å². The van der Waals surface area contributed by atoms with Crippen molar-refractivity contribution in [2.45, 2.75) is 26.8 Å². The highest BCUT2D eigenvalue weighted by Gasteiger charge is 2.20. The van der Waals surface area contributed by atoms with E-state index in [1.807, 2.05) is 13.8 Å². The molecule has 3 N–H and O–H groups in total. The van der Waals surface area contributed by atoms with E-state index in [9.17, 15) is 14.4 Å². The van der Waals surface area contributed by atoms with Gasteiger partial charge in [-0.05, 0) is 12.8 Å². The first-order valence-corrected chi connectivity index (χ1v) is 6.71. The molecule has 0 bridgehead atoms. The van der Waals surface area contributed by atoms with Crippen LogP contribution in [-0.4, -0.2) is 67.3 Å². The van der Waals surface area contributed by atoms with Crippen molar-refractivity contribution < 1.29 is 14.4 Å². The number of rotatable bonds is 7. The maximum absolute atomic E-state index is 11.9. The normalized spacial score (nSPS) is 11.9. The minimum Gasteiger partial charge on any atom is -0.347 e. The number of amides is 3. The summed E-state index contributed by atoms with van der Waals surface area (Å²) in [6.45, 7) is 5.72. The second kappa shape index (κ2) is 8.52. The molecule has 0 aromatic carbocycles. The van der Waals surface area contributed by atoms with E-state index in [1.54, 1.807) is 21.0 Å². The van der Waals surface area contributed by atoms with E-state index < -0.39 is 6.04 Å². The number of nitrogens with two attached hydrogens (primary N) is 1. The van der Waals surface area contributed by atoms with Crippen LogP contribution in [0.1, 0.15) is 20.8 Å². The Labute approximate surface area is 120 Å². The van der Waals surface area contributed by atoms with Gasteiger partial charge in [0.2, 0.25) is 17.7 Å². The van der Waals surface area contributed by atoms with Crippen molar-refractivity contribution in [3.63, 3.8) is 0 Å². The summed E-state index contributed by atoms with van der Waals surface area (Å²) in [4.78, 5) is 38.0. The Morgan fingerprint density at radius 1 is 1.15 bits per heavy atom. The molecule has 116 valence electrons. The predicted molar refractivity (Wildman–Crippen MR) is 76.8 cm³/mol. The van der Waals surface area contributed by atoms with Crippen LogP contribution < -0.4 is 11.1 Å². The van der Waals surface area contributed by atoms with Crippen molar-refractivity contribution in [2.75, 3.05) is 33.7 Å². The molecular weight excluding hydrogens is 260 g/mol. The maximum atomic E-state index is 11.9. The molecule has 0 spiro atoms. The van der Waals surface area contributed by atoms with Gasteiger partial charge in [-0.25, -0.2) is 0 Å². The van der Waals surface area contributed by atoms with Gasteiger partial charge >= 0.3 is 0 Å². The SMILES string of the molecule is CCN(CC(=O)N(C)C)C(=O)CNC(=O)[C@@H](N)C(C)C. The van der Waals surface area contributed by atoms with Gasteiger partial charge in [0.1, 0.15) is 0 Å². The molecule has 0 aromatic heterocycles. The number of hydrogen-bond donors (Lipinski definition) is 2. The summed E-state index contributed by atoms with van der Waals surface area (Å²) in [7, 11) is 3.26. The summed E-state index contributed by atoms with van der Waals surface area (Å²) in [5.74, 6) is -0.816. The molecule has 0 unspecified atom stereocenters. The highest BCUT2D eigenvalue weighted by Crippen LogP contribution is 1.98. The molecule has 0 heterocycles. The lowest BCUT2D eigenvalue weighted by molar-refractivity contribution is -0.139. The first-order chi connectivity index (χ1) is 9.20. The van der Waals surface area contributed by atoms with Gasteiger partial charge in [-0.3, -0.25) is 14.4 Å². The fraction of sp³-hybridized carbons (Fsp3) is 0.769. The van der Waals surface area contributed by atoms with Gasteiger partial charge in [0.15, 0.2) is 0 Å². The third kappa shape index (κ3) is 6.01. The Balaban J connectivity index is 4.36. The van der Waals surface area contributed by atoms with Gasteiger partial charge in [-0.1, -0.05) is 13.8 Å². The Bertz CT molecular complexity index is 356. The number of likely N-dealkylation sites (N-methyl/N-ethyl adjacent to an activating group) is 2. The third-order valence-corrected chi connectivity index (χ3v) is 2.99. The molecule has 0 aliphatic heterocycles. The highest BCUT2D eigenvalue weighted by atomic mass is 16.2. The molecule has 3 amide bonds. The quantitative estimate of drug-likeness (QED) is 0.629. The third-order valence-electron chi connectivity index (χ3n) is 2.99. The monoisotopic (exact) mass is 286 g/mol. The first kappa shape index (κ1) is 18.4. The smallest absolute Gasteiger partial charge is 0.242 e. The Kier molecular flexibility index (Phi) is 7.83. The predicted octanol–water partition coefficient (Wildman–Crippen LogP) is -0.977. The van der Waals surface area contributed by atoms with Crippen LogP contribution in [0.25, 0.3) is 0 Å². The lowest BCUT2D eigenvalue weighted by Gasteiger charge is -2.23. The summed E-state index contributed by atoms with van der Waals surface area (Å²) >= 11 is 0. The molecular formula is C13H26N4O3. The summed E-state index contributed by atoms with van der Waals surface area (Å²) in [6.07, 6.45) is 0. The average molecular weight is 286 g/mol. The fourth-order valence-corrected chi connectivity index (χ4v) is 1.38. The zero-order valence-electron chi connectivity index (χ0n) is 13.0. The molecule has 0 fully saturated rings. The zero-order chi connectivity index (χ0) is 15.9. The molecule has 0 radical (unpaired) electrons. The Morgan fingerprint density at radius 2 is 1.70 bits per heavy atom. The highest BCUT2D eigenvalue weighted by molar-refractivity contribution is 5.89. The van der Waals surface area contributed by atoms with E-state index in [0.29, 0.717) is 6.54 Å². The van der Waals surface area contributed by atoms with Crippen LogP contribution >= 0.6 is 0 Å². The van der Waals surface area contributed by atoms with E-state index >= 15 is 0 Å². The molecule has 7 nitrogen and oxygen atoms in total. The minimum atomic E-state index is -0.638. The first-order valence-electron chi connectivity index (χ1n) is 6.71. The van der Waals surface area contributed by atoms with Crippen LogP contribution in [-0.2, 0) is 14.4 Å². The van der Waals surface area contributed by atoms with Crippen molar-refractivity contribution in [3.8, 4) is 0 Å². The molecule has 0 saturated carbocycles. The maximum Gasteiger partial charge on any atom is 0.242 e. The van der Waals surface area contributed by atoms with E-state index in [2.05, 4.69) is 5.32 Å². The van der Waals surface area contributed by atoms with Gasteiger partial charge < -0.3 is 20.9 Å². The number of hydrogen-bond acceptors (Lipinski definition) is 4. The van der Waals surface area contributed by atoms with Crippen molar-refractivity contribution in [2.24, 2.45) is 11.7 Å². The number of carbonyl (C=O) groups excluding carboxylic acids is 3. The molecule has 0 aliphatic rings. The van der Waals surface area contributed by atoms with Crippen LogP contribution in [0.15, 0.2) is 0 Å². The van der Waals surface area contributed by atoms with Crippen molar-refractivity contribution in [1.29, 1.82) is 0 Å². The lowest BCUT2D eigenvalue weighted by Crippen LogP contribution is -2.49. The largest absolute Gasteiger partial charge is 0.347 e. The van der Waals surface area contributed by atoms with Crippen molar-refractivity contribution in [3.05, 3.63) is 0 Å². The number of nitrogens with zero attached hydrogens (tertiary/aromatic N) is 2. The molecule has 0 aromatic rings. The van der Waals surface area contributed by atoms with Gasteiger partial charge in [0, 0.05) is 20.6 Å². The van der Waals surface area contributed by atoms with E-state index in [1.165, 1.54) is 9.80 Å². The summed E-state index contributed by atoms with van der Waals surface area (Å²) in [6, 6.07) is -0.638. The molecule has 0 aliphatic carbocycles. The summed E-state index contributed by atoms with van der Waals surface area (Å²) < 4.78 is 0. The summed E-state index contributed by atoms with van der Waals surface area (Å²) in [5, 5.41) is 2.50. The Morgan fingerprint density at radius 3 is 2.10 bits per heavy atom. The number of carbonyl (C=O) groups is 3. The number of nitrogens with one attached hydrogen (secondary N) is 1. The molecule has 0 rings (SSSR count). The Hall–Kier alpha value is -1.63. The standard InChI is InChI=1S/C13H26N4O3/c1-6-17(8-11(19)16(4)5)10(18)7-15-13(20)12(14)9(2)3/h9,12H,6-8,14H2,1-5H3,(H,15,20)/t12-/m0/s1. The van der Waals surface area contributed by atoms with Gasteiger partial charge in [-0.2, -0.15) is 0 Å². The van der Waals surface area contributed by atoms with E-state index in [0.717, 1.165) is 0 Å². The second-order valence-corrected chi connectivity index (χ2v) is 5.18. The lowest BCUT2D eigenvalue weighted by atomic mass is 10.1. The van der Waals surface area contributed by atoms with E-state index in [-0.39, 0.29) is 36.7 Å². The molecule has 1 atom stereocenters. The van der Waals surface area contributed by atoms with Gasteiger partial charge in [-0.15, -0.1) is 0 Å². The van der Waals surface area contributed by atoms with Gasteiger partial charge in [0.25, 0.3) is 0 Å². The van der Waals surface area contributed by atoms with Crippen LogP contribution in [0, 0.1) is 5.92 Å². The van der Waals surface area contributed by atoms with E-state index in [4.69, 9.17) is 5.73 Å².